The predicted molar refractivity (Wildman–Crippen MR) is 13.4 cm³/mol. The predicted octanol–water partition coefficient (Wildman–Crippen LogP) is -3.21. The van der Waals surface area contributed by atoms with Gasteiger partial charge in [0.2, 0.25) is 0 Å². The van der Waals surface area contributed by atoms with E-state index in [1.807, 2.05) is 0 Å². The van der Waals surface area contributed by atoms with E-state index in [0.717, 1.165) is 0 Å². The van der Waals surface area contributed by atoms with Gasteiger partial charge in [-0.3, -0.25) is 0 Å². The van der Waals surface area contributed by atoms with Gasteiger partial charge in [-0.2, -0.15) is 7.82 Å². The average Bonchev–Trinajstić information content (AvgIpc) is 0.722. The molecule has 8 heteroatoms. The van der Waals surface area contributed by atoms with Crippen molar-refractivity contribution in [1.29, 1.82) is 0 Å². The van der Waals surface area contributed by atoms with E-state index in [4.69, 9.17) is 19.2 Å². The fraction of sp³-hybridized carbons (Fsp3) is 0. The van der Waals surface area contributed by atoms with Crippen molar-refractivity contribution in [3.8, 4) is 0 Å². The molecule has 0 N–H and O–H groups in total. The molecule has 0 spiro atoms. The first-order chi connectivity index (χ1) is 2.00. The Kier molecular flexibility index (Phi) is 24.5. The summed E-state index contributed by atoms with van der Waals surface area (Å²) in [7, 11) is -5.39. The molecule has 0 aromatic heterocycles. The maximum absolute atomic E-state index is 8.55. The second-order valence-electron chi connectivity index (χ2n) is 0.447. The third-order valence-corrected chi connectivity index (χ3v) is 0. The summed E-state index contributed by atoms with van der Waals surface area (Å²) in [5.74, 6) is 0. The number of hydrogen-bond donors (Lipinski definition) is 0. The molecule has 0 bridgehead atoms. The maximum atomic E-state index is 8.55. The molecule has 0 saturated heterocycles. The second kappa shape index (κ2) is 8.68. The third kappa shape index (κ3) is 121. The SMILES string of the molecule is O=P([O-])([O-])[O-].[Al+3].[Fe+2].[Mn+2]. The summed E-state index contributed by atoms with van der Waals surface area (Å²) in [6, 6.07) is 0. The first kappa shape index (κ1) is 22.6. The van der Waals surface area contributed by atoms with Crippen LogP contribution < -0.4 is 14.7 Å². The Bertz CT molecular complexity index is 62.2. The summed E-state index contributed by atoms with van der Waals surface area (Å²) in [6.07, 6.45) is 0. The van der Waals surface area contributed by atoms with Crippen LogP contribution in [0.3, 0.4) is 0 Å². The monoisotopic (exact) mass is 233 g/mol. The zero-order valence-corrected chi connectivity index (χ0v) is 7.72. The molecule has 0 unspecified atom stereocenters. The van der Waals surface area contributed by atoms with Gasteiger partial charge in [-0.1, -0.05) is 0 Å². The first-order valence-corrected chi connectivity index (χ1v) is 2.19. The van der Waals surface area contributed by atoms with Crippen LogP contribution in [0.4, 0.5) is 0 Å². The smallest absolute Gasteiger partial charge is 0.822 e. The molecule has 0 saturated carbocycles. The Balaban J connectivity index is -0.0000000267. The molecule has 0 fully saturated rings. The van der Waals surface area contributed by atoms with E-state index in [0.29, 0.717) is 0 Å². The minimum Gasteiger partial charge on any atom is -0.822 e. The van der Waals surface area contributed by atoms with Crippen LogP contribution in [0, 0.1) is 0 Å². The van der Waals surface area contributed by atoms with Crippen molar-refractivity contribution in [1.82, 2.24) is 0 Å². The van der Waals surface area contributed by atoms with E-state index in [9.17, 15) is 0 Å². The fourth-order valence-electron chi connectivity index (χ4n) is 0. The van der Waals surface area contributed by atoms with Gasteiger partial charge in [0.15, 0.2) is 0 Å². The van der Waals surface area contributed by atoms with Crippen LogP contribution in [0.15, 0.2) is 0 Å². The number of hydrogen-bond acceptors (Lipinski definition) is 4. The van der Waals surface area contributed by atoms with Crippen LogP contribution in [0.5, 0.6) is 0 Å². The van der Waals surface area contributed by atoms with Crippen molar-refractivity contribution in [2.45, 2.75) is 0 Å². The number of rotatable bonds is 0. The maximum Gasteiger partial charge on any atom is 3.00 e. The van der Waals surface area contributed by atoms with Crippen molar-refractivity contribution in [2.75, 3.05) is 0 Å². The Hall–Kier alpha value is 1.68. The fourth-order valence-corrected chi connectivity index (χ4v) is 0. The largest absolute Gasteiger partial charge is 3.00 e. The van der Waals surface area contributed by atoms with Crippen molar-refractivity contribution in [3.05, 3.63) is 0 Å². The van der Waals surface area contributed by atoms with Gasteiger partial charge in [0.05, 0.1) is 0 Å². The molecule has 0 amide bonds. The van der Waals surface area contributed by atoms with E-state index < -0.39 is 7.82 Å². The summed E-state index contributed by atoms with van der Waals surface area (Å²) < 4.78 is 8.55. The summed E-state index contributed by atoms with van der Waals surface area (Å²) in [5.41, 5.74) is 0. The van der Waals surface area contributed by atoms with E-state index in [1.165, 1.54) is 0 Å². The van der Waals surface area contributed by atoms with Crippen LogP contribution >= 0.6 is 7.82 Å². The Labute approximate surface area is 78.4 Å². The molecule has 0 aliphatic heterocycles. The molecule has 0 aromatic rings. The molecule has 0 atom stereocenters. The quantitative estimate of drug-likeness (QED) is 0.325. The minimum atomic E-state index is -5.39. The molecule has 0 rings (SSSR count). The van der Waals surface area contributed by atoms with Crippen molar-refractivity contribution in [3.63, 3.8) is 0 Å². The van der Waals surface area contributed by atoms with Gasteiger partial charge in [0, 0.05) is 0 Å². The third-order valence-electron chi connectivity index (χ3n) is 0. The van der Waals surface area contributed by atoms with Gasteiger partial charge in [0.1, 0.15) is 0 Å². The summed E-state index contributed by atoms with van der Waals surface area (Å²) in [4.78, 5) is 25.6. The standard InChI is InChI=1S/Al.Fe.Mn.H3O4P/c;;;1-5(2,3)4/h;;;(H3,1,2,3,4)/q+3;2*+2;/p-3. The average molecular weight is 233 g/mol. The molecule has 8 heavy (non-hydrogen) atoms. The Morgan fingerprint density at radius 2 is 1.12 bits per heavy atom. The van der Waals surface area contributed by atoms with Gasteiger partial charge in [-0.25, -0.2) is 0 Å². The van der Waals surface area contributed by atoms with Crippen LogP contribution in [0.2, 0.25) is 0 Å². The van der Waals surface area contributed by atoms with Crippen LogP contribution in [0.25, 0.3) is 0 Å². The summed E-state index contributed by atoms with van der Waals surface area (Å²) in [6.45, 7) is 0. The topological polar surface area (TPSA) is 86.2 Å². The molecular formula is AlFeMnO4P+4. The molecular weight excluding hydrogens is 233 g/mol. The van der Waals surface area contributed by atoms with Crippen LogP contribution in [-0.2, 0) is 38.7 Å². The van der Waals surface area contributed by atoms with E-state index >= 15 is 0 Å². The molecule has 0 aliphatic carbocycles. The zero-order valence-electron chi connectivity index (χ0n) is 3.39. The Morgan fingerprint density at radius 3 is 1.12 bits per heavy atom. The summed E-state index contributed by atoms with van der Waals surface area (Å²) >= 11 is 0. The zero-order chi connectivity index (χ0) is 4.50. The van der Waals surface area contributed by atoms with Gasteiger partial charge < -0.3 is 19.2 Å². The molecule has 0 aromatic carbocycles. The van der Waals surface area contributed by atoms with Gasteiger partial charge in [-0.05, 0) is 0 Å². The molecule has 0 aliphatic rings. The molecule has 0 heterocycles. The van der Waals surface area contributed by atoms with Crippen molar-refractivity contribution >= 4 is 25.2 Å². The van der Waals surface area contributed by atoms with Crippen molar-refractivity contribution < 1.29 is 53.4 Å². The van der Waals surface area contributed by atoms with E-state index in [2.05, 4.69) is 0 Å². The van der Waals surface area contributed by atoms with Gasteiger partial charge in [-0.15, -0.1) is 0 Å². The minimum absolute atomic E-state index is 0. The van der Waals surface area contributed by atoms with Crippen molar-refractivity contribution in [2.24, 2.45) is 0 Å². The van der Waals surface area contributed by atoms with Gasteiger partial charge >= 0.3 is 51.5 Å². The van der Waals surface area contributed by atoms with Gasteiger partial charge in [0.25, 0.3) is 0 Å². The molecule has 4 nitrogen and oxygen atoms in total. The van der Waals surface area contributed by atoms with Crippen LogP contribution in [-0.4, -0.2) is 17.4 Å². The van der Waals surface area contributed by atoms with E-state index in [-0.39, 0.29) is 51.5 Å². The molecule has 43 valence electrons. The number of phosphoric acid groups is 1. The van der Waals surface area contributed by atoms with Crippen LogP contribution in [0.1, 0.15) is 0 Å². The Morgan fingerprint density at radius 1 is 1.12 bits per heavy atom. The van der Waals surface area contributed by atoms with E-state index in [1.54, 1.807) is 0 Å². The summed E-state index contributed by atoms with van der Waals surface area (Å²) in [5, 5.41) is 0. The normalized spacial score (nSPS) is 7.38. The molecule has 1 radical (unpaired) electrons. The first-order valence-electron chi connectivity index (χ1n) is 0.730. The second-order valence-corrected chi connectivity index (χ2v) is 1.34.